The SMILES string of the molecule is COC(=O)/C(C(=O)Oc1ccc(C#N)cc1)=C(/C(=O)OC)c1ccccc1. The first-order valence-corrected chi connectivity index (χ1v) is 7.70. The number of rotatable bonds is 5. The zero-order valence-corrected chi connectivity index (χ0v) is 14.6. The van der Waals surface area contributed by atoms with Gasteiger partial charge in [-0.25, -0.2) is 14.4 Å². The summed E-state index contributed by atoms with van der Waals surface area (Å²) >= 11 is 0. The summed E-state index contributed by atoms with van der Waals surface area (Å²) in [7, 11) is 2.21. The van der Waals surface area contributed by atoms with Crippen LogP contribution in [0.15, 0.2) is 60.2 Å². The maximum atomic E-state index is 12.6. The first-order valence-electron chi connectivity index (χ1n) is 7.70. The Morgan fingerprint density at radius 3 is 1.93 bits per heavy atom. The first-order chi connectivity index (χ1) is 13.0. The quantitative estimate of drug-likeness (QED) is 0.263. The van der Waals surface area contributed by atoms with E-state index in [1.165, 1.54) is 24.3 Å². The molecule has 0 spiro atoms. The second-order valence-electron chi connectivity index (χ2n) is 5.12. The van der Waals surface area contributed by atoms with Crippen molar-refractivity contribution in [2.45, 2.75) is 0 Å². The fourth-order valence-corrected chi connectivity index (χ4v) is 2.22. The minimum absolute atomic E-state index is 0.0951. The molecule has 0 heterocycles. The summed E-state index contributed by atoms with van der Waals surface area (Å²) in [4.78, 5) is 37.2. The van der Waals surface area contributed by atoms with E-state index in [1.807, 2.05) is 6.07 Å². The molecule has 0 saturated heterocycles. The van der Waals surface area contributed by atoms with Crippen LogP contribution < -0.4 is 4.74 Å². The number of carbonyl (C=O) groups is 3. The molecule has 0 aliphatic rings. The van der Waals surface area contributed by atoms with E-state index in [0.717, 1.165) is 14.2 Å². The van der Waals surface area contributed by atoms with Gasteiger partial charge in [-0.3, -0.25) is 0 Å². The lowest BCUT2D eigenvalue weighted by Gasteiger charge is -2.12. The summed E-state index contributed by atoms with van der Waals surface area (Å²) < 4.78 is 14.6. The van der Waals surface area contributed by atoms with E-state index in [4.69, 9.17) is 14.7 Å². The lowest BCUT2D eigenvalue weighted by atomic mass is 9.99. The largest absolute Gasteiger partial charge is 0.465 e. The molecule has 0 bridgehead atoms. The van der Waals surface area contributed by atoms with Crippen molar-refractivity contribution >= 4 is 23.5 Å². The smallest absolute Gasteiger partial charge is 0.351 e. The van der Waals surface area contributed by atoms with Crippen LogP contribution in [0, 0.1) is 11.3 Å². The topological polar surface area (TPSA) is 103 Å². The zero-order valence-electron chi connectivity index (χ0n) is 14.6. The van der Waals surface area contributed by atoms with E-state index < -0.39 is 23.5 Å². The number of esters is 3. The summed E-state index contributed by atoms with van der Waals surface area (Å²) in [6, 6.07) is 15.7. The van der Waals surface area contributed by atoms with Crippen LogP contribution in [-0.2, 0) is 23.9 Å². The van der Waals surface area contributed by atoms with Crippen molar-refractivity contribution in [2.24, 2.45) is 0 Å². The second kappa shape index (κ2) is 8.97. The third-order valence-electron chi connectivity index (χ3n) is 3.49. The van der Waals surface area contributed by atoms with E-state index in [2.05, 4.69) is 4.74 Å². The Kier molecular flexibility index (Phi) is 6.44. The molecule has 0 aliphatic carbocycles. The highest BCUT2D eigenvalue weighted by atomic mass is 16.6. The van der Waals surface area contributed by atoms with Gasteiger partial charge in [0.1, 0.15) is 5.75 Å². The van der Waals surface area contributed by atoms with Crippen molar-refractivity contribution in [3.05, 3.63) is 71.3 Å². The van der Waals surface area contributed by atoms with E-state index in [0.29, 0.717) is 11.1 Å². The normalized spacial score (nSPS) is 10.9. The van der Waals surface area contributed by atoms with Crippen molar-refractivity contribution in [1.82, 2.24) is 0 Å². The minimum Gasteiger partial charge on any atom is -0.465 e. The summed E-state index contributed by atoms with van der Waals surface area (Å²) in [6.07, 6.45) is 0. The van der Waals surface area contributed by atoms with Crippen molar-refractivity contribution in [3.63, 3.8) is 0 Å². The molecule has 2 aromatic rings. The van der Waals surface area contributed by atoms with Crippen LogP contribution in [0.1, 0.15) is 11.1 Å². The van der Waals surface area contributed by atoms with Crippen LogP contribution >= 0.6 is 0 Å². The molecule has 2 rings (SSSR count). The van der Waals surface area contributed by atoms with Crippen LogP contribution in [0.3, 0.4) is 0 Å². The Bertz CT molecular complexity index is 923. The standard InChI is InChI=1S/C20H15NO6/c1-25-18(22)16(14-6-4-3-5-7-14)17(19(23)26-2)20(24)27-15-10-8-13(12-21)9-11-15/h3-11H,1-2H3/b17-16-. The fraction of sp³-hybridized carbons (Fsp3) is 0.100. The number of methoxy groups -OCH3 is 2. The molecule has 2 aromatic carbocycles. The van der Waals surface area contributed by atoms with Crippen LogP contribution in [0.4, 0.5) is 0 Å². The molecular formula is C20H15NO6. The molecule has 0 aromatic heterocycles. The molecule has 0 amide bonds. The molecule has 136 valence electrons. The van der Waals surface area contributed by atoms with Gasteiger partial charge >= 0.3 is 17.9 Å². The Morgan fingerprint density at radius 1 is 0.815 bits per heavy atom. The van der Waals surface area contributed by atoms with Gasteiger partial charge in [-0.1, -0.05) is 30.3 Å². The fourth-order valence-electron chi connectivity index (χ4n) is 2.22. The number of nitriles is 1. The van der Waals surface area contributed by atoms with E-state index in [1.54, 1.807) is 30.3 Å². The highest BCUT2D eigenvalue weighted by Crippen LogP contribution is 2.23. The number of nitrogens with zero attached hydrogens (tertiary/aromatic N) is 1. The van der Waals surface area contributed by atoms with Gasteiger partial charge in [0.2, 0.25) is 0 Å². The number of hydrogen-bond donors (Lipinski definition) is 0. The number of benzene rings is 2. The maximum Gasteiger partial charge on any atom is 0.351 e. The zero-order chi connectivity index (χ0) is 19.8. The molecule has 27 heavy (non-hydrogen) atoms. The number of hydrogen-bond acceptors (Lipinski definition) is 7. The Balaban J connectivity index is 2.54. The van der Waals surface area contributed by atoms with Crippen molar-refractivity contribution in [3.8, 4) is 11.8 Å². The van der Waals surface area contributed by atoms with Gasteiger partial charge < -0.3 is 14.2 Å². The lowest BCUT2D eigenvalue weighted by Crippen LogP contribution is -2.24. The third-order valence-corrected chi connectivity index (χ3v) is 3.49. The minimum atomic E-state index is -1.09. The molecule has 7 nitrogen and oxygen atoms in total. The monoisotopic (exact) mass is 365 g/mol. The molecule has 0 saturated carbocycles. The van der Waals surface area contributed by atoms with Crippen LogP contribution in [0.2, 0.25) is 0 Å². The molecule has 0 fully saturated rings. The number of carbonyl (C=O) groups excluding carboxylic acids is 3. The molecule has 0 radical (unpaired) electrons. The van der Waals surface area contributed by atoms with Gasteiger partial charge in [-0.15, -0.1) is 0 Å². The molecule has 0 atom stereocenters. The number of ether oxygens (including phenoxy) is 3. The van der Waals surface area contributed by atoms with E-state index >= 15 is 0 Å². The molecule has 0 N–H and O–H groups in total. The van der Waals surface area contributed by atoms with Crippen LogP contribution in [-0.4, -0.2) is 32.1 Å². The Morgan fingerprint density at radius 2 is 1.41 bits per heavy atom. The predicted molar refractivity (Wildman–Crippen MR) is 94.2 cm³/mol. The maximum absolute atomic E-state index is 12.6. The van der Waals surface area contributed by atoms with Gasteiger partial charge in [-0.2, -0.15) is 5.26 Å². The average molecular weight is 365 g/mol. The summed E-state index contributed by atoms with van der Waals surface area (Å²) in [5.74, 6) is -2.93. The van der Waals surface area contributed by atoms with Crippen LogP contribution in [0.5, 0.6) is 5.75 Å². The molecule has 7 heteroatoms. The van der Waals surface area contributed by atoms with Crippen molar-refractivity contribution in [2.75, 3.05) is 14.2 Å². The Labute approximate surface area is 155 Å². The first kappa shape index (κ1) is 19.4. The van der Waals surface area contributed by atoms with Gasteiger partial charge in [-0.05, 0) is 29.8 Å². The van der Waals surface area contributed by atoms with Gasteiger partial charge in [0.05, 0.1) is 31.4 Å². The summed E-state index contributed by atoms with van der Waals surface area (Å²) in [5.41, 5.74) is -0.205. The van der Waals surface area contributed by atoms with Gasteiger partial charge in [0.25, 0.3) is 0 Å². The molecule has 0 aliphatic heterocycles. The summed E-state index contributed by atoms with van der Waals surface area (Å²) in [6.45, 7) is 0. The van der Waals surface area contributed by atoms with Gasteiger partial charge in [0, 0.05) is 0 Å². The highest BCUT2D eigenvalue weighted by Gasteiger charge is 2.31. The van der Waals surface area contributed by atoms with E-state index in [-0.39, 0.29) is 11.3 Å². The third kappa shape index (κ3) is 4.58. The average Bonchev–Trinajstić information content (AvgIpc) is 2.71. The highest BCUT2D eigenvalue weighted by molar-refractivity contribution is 6.32. The second-order valence-corrected chi connectivity index (χ2v) is 5.12. The molecule has 0 unspecified atom stereocenters. The van der Waals surface area contributed by atoms with E-state index in [9.17, 15) is 14.4 Å². The van der Waals surface area contributed by atoms with Gasteiger partial charge in [0.15, 0.2) is 5.57 Å². The summed E-state index contributed by atoms with van der Waals surface area (Å²) in [5, 5.41) is 8.81. The van der Waals surface area contributed by atoms with Crippen LogP contribution in [0.25, 0.3) is 5.57 Å². The van der Waals surface area contributed by atoms with Crippen molar-refractivity contribution < 1.29 is 28.6 Å². The Hall–Kier alpha value is -3.92. The lowest BCUT2D eigenvalue weighted by molar-refractivity contribution is -0.142. The van der Waals surface area contributed by atoms with Crippen molar-refractivity contribution in [1.29, 1.82) is 5.26 Å². The predicted octanol–water partition coefficient (Wildman–Crippen LogP) is 2.26. The molecular weight excluding hydrogens is 350 g/mol.